The summed E-state index contributed by atoms with van der Waals surface area (Å²) in [4.78, 5) is 0. The molecule has 0 aromatic heterocycles. The first-order chi connectivity index (χ1) is 8.38. The van der Waals surface area contributed by atoms with E-state index >= 15 is 0 Å². The van der Waals surface area contributed by atoms with Gasteiger partial charge >= 0.3 is 6.18 Å². The fourth-order valence-corrected chi connectivity index (χ4v) is 1.49. The molecular weight excluding hydrogens is 249 g/mol. The normalized spacial score (nSPS) is 13.4. The monoisotopic (exact) mass is 264 g/mol. The lowest BCUT2D eigenvalue weighted by Crippen LogP contribution is -2.20. The maximum Gasteiger partial charge on any atom is 0.419 e. The van der Waals surface area contributed by atoms with Crippen molar-refractivity contribution in [3.8, 4) is 5.75 Å². The lowest BCUT2D eigenvalue weighted by atomic mass is 10.1. The van der Waals surface area contributed by atoms with Gasteiger partial charge < -0.3 is 14.6 Å². The van der Waals surface area contributed by atoms with Crippen LogP contribution in [0.15, 0.2) is 18.2 Å². The highest BCUT2D eigenvalue weighted by atomic mass is 19.4. The van der Waals surface area contributed by atoms with Crippen LogP contribution in [0.5, 0.6) is 5.75 Å². The van der Waals surface area contributed by atoms with Crippen molar-refractivity contribution < 1.29 is 27.8 Å². The van der Waals surface area contributed by atoms with Crippen LogP contribution in [0.1, 0.15) is 18.1 Å². The molecule has 0 radical (unpaired) electrons. The Hall–Kier alpha value is -1.27. The zero-order valence-electron chi connectivity index (χ0n) is 10.1. The molecule has 1 aromatic carbocycles. The SMILES string of the molecule is COCC(C)Oc1ccc(CO)cc1C(F)(F)F. The topological polar surface area (TPSA) is 38.7 Å². The number of alkyl halides is 3. The maximum absolute atomic E-state index is 12.8. The van der Waals surface area contributed by atoms with Crippen LogP contribution in [0.4, 0.5) is 13.2 Å². The number of aliphatic hydroxyl groups is 1. The van der Waals surface area contributed by atoms with Gasteiger partial charge in [0, 0.05) is 7.11 Å². The third kappa shape index (κ3) is 3.89. The molecule has 0 saturated carbocycles. The quantitative estimate of drug-likeness (QED) is 0.888. The molecule has 6 heteroatoms. The first-order valence-electron chi connectivity index (χ1n) is 5.35. The Morgan fingerprint density at radius 2 is 2.00 bits per heavy atom. The summed E-state index contributed by atoms with van der Waals surface area (Å²) in [5.41, 5.74) is -0.703. The smallest absolute Gasteiger partial charge is 0.419 e. The van der Waals surface area contributed by atoms with Gasteiger partial charge in [0.1, 0.15) is 11.9 Å². The van der Waals surface area contributed by atoms with Crippen LogP contribution in [0.3, 0.4) is 0 Å². The van der Waals surface area contributed by atoms with Gasteiger partial charge in [-0.15, -0.1) is 0 Å². The first-order valence-corrected chi connectivity index (χ1v) is 5.35. The molecule has 1 unspecified atom stereocenters. The highest BCUT2D eigenvalue weighted by molar-refractivity contribution is 5.39. The zero-order chi connectivity index (χ0) is 13.8. The van der Waals surface area contributed by atoms with E-state index in [4.69, 9.17) is 14.6 Å². The highest BCUT2D eigenvalue weighted by Gasteiger charge is 2.35. The molecule has 0 aliphatic heterocycles. The van der Waals surface area contributed by atoms with E-state index in [2.05, 4.69) is 0 Å². The van der Waals surface area contributed by atoms with E-state index in [1.165, 1.54) is 19.2 Å². The summed E-state index contributed by atoms with van der Waals surface area (Å²) >= 11 is 0. The molecule has 18 heavy (non-hydrogen) atoms. The lowest BCUT2D eigenvalue weighted by molar-refractivity contribution is -0.139. The number of benzene rings is 1. The van der Waals surface area contributed by atoms with Gasteiger partial charge in [0.15, 0.2) is 0 Å². The molecule has 0 aliphatic carbocycles. The second kappa shape index (κ2) is 6.06. The standard InChI is InChI=1S/C12H15F3O3/c1-8(7-17-2)18-11-4-3-9(6-16)5-10(11)12(13,14)15/h3-5,8,16H,6-7H2,1-2H3. The molecule has 3 nitrogen and oxygen atoms in total. The van der Waals surface area contributed by atoms with Gasteiger partial charge in [-0.2, -0.15) is 13.2 Å². The Morgan fingerprint density at radius 1 is 1.33 bits per heavy atom. The molecule has 102 valence electrons. The molecular formula is C12H15F3O3. The van der Waals surface area contributed by atoms with E-state index in [1.54, 1.807) is 6.92 Å². The van der Waals surface area contributed by atoms with Crippen LogP contribution >= 0.6 is 0 Å². The average Bonchev–Trinajstić information content (AvgIpc) is 2.28. The van der Waals surface area contributed by atoms with E-state index in [0.29, 0.717) is 0 Å². The third-order valence-electron chi connectivity index (χ3n) is 2.26. The molecule has 0 heterocycles. The number of halogens is 3. The van der Waals surface area contributed by atoms with Crippen LogP contribution in [-0.4, -0.2) is 24.9 Å². The van der Waals surface area contributed by atoms with Gasteiger partial charge in [-0.25, -0.2) is 0 Å². The van der Waals surface area contributed by atoms with Crippen LogP contribution in [0.25, 0.3) is 0 Å². The summed E-state index contributed by atoms with van der Waals surface area (Å²) in [6.45, 7) is 1.36. The minimum absolute atomic E-state index is 0.189. The number of methoxy groups -OCH3 is 1. The maximum atomic E-state index is 12.8. The van der Waals surface area contributed by atoms with Crippen molar-refractivity contribution in [3.63, 3.8) is 0 Å². The number of aliphatic hydroxyl groups excluding tert-OH is 1. The Balaban J connectivity index is 3.03. The first kappa shape index (κ1) is 14.8. The van der Waals surface area contributed by atoms with Crippen molar-refractivity contribution >= 4 is 0 Å². The molecule has 1 aromatic rings. The molecule has 0 bridgehead atoms. The predicted molar refractivity (Wildman–Crippen MR) is 59.3 cm³/mol. The average molecular weight is 264 g/mol. The molecule has 0 saturated heterocycles. The fourth-order valence-electron chi connectivity index (χ4n) is 1.49. The minimum atomic E-state index is -4.52. The summed E-state index contributed by atoms with van der Waals surface area (Å²) in [6.07, 6.45) is -5.01. The van der Waals surface area contributed by atoms with Crippen molar-refractivity contribution in [2.24, 2.45) is 0 Å². The molecule has 1 N–H and O–H groups in total. The summed E-state index contributed by atoms with van der Waals surface area (Å²) in [5, 5.41) is 8.86. The van der Waals surface area contributed by atoms with Crippen molar-refractivity contribution in [2.75, 3.05) is 13.7 Å². The Labute approximate surface area is 103 Å². The number of ether oxygens (including phenoxy) is 2. The van der Waals surface area contributed by atoms with Crippen LogP contribution in [0.2, 0.25) is 0 Å². The van der Waals surface area contributed by atoms with Crippen LogP contribution in [-0.2, 0) is 17.5 Å². The summed E-state index contributed by atoms with van der Waals surface area (Å²) < 4.78 is 48.4. The molecule has 0 amide bonds. The van der Waals surface area contributed by atoms with Crippen molar-refractivity contribution in [2.45, 2.75) is 25.8 Å². The van der Waals surface area contributed by atoms with E-state index in [-0.39, 0.29) is 17.9 Å². The molecule has 1 rings (SSSR count). The van der Waals surface area contributed by atoms with Gasteiger partial charge in [0.25, 0.3) is 0 Å². The molecule has 0 spiro atoms. The number of hydrogen-bond acceptors (Lipinski definition) is 3. The van der Waals surface area contributed by atoms with Crippen molar-refractivity contribution in [1.82, 2.24) is 0 Å². The zero-order valence-corrected chi connectivity index (χ0v) is 10.1. The van der Waals surface area contributed by atoms with Crippen molar-refractivity contribution in [3.05, 3.63) is 29.3 Å². The Morgan fingerprint density at radius 3 is 2.50 bits per heavy atom. The Bertz CT molecular complexity index is 391. The second-order valence-electron chi connectivity index (χ2n) is 3.87. The third-order valence-corrected chi connectivity index (χ3v) is 2.26. The minimum Gasteiger partial charge on any atom is -0.488 e. The summed E-state index contributed by atoms with van der Waals surface area (Å²) in [6, 6.07) is 3.49. The molecule has 0 aliphatic rings. The Kier molecular flexibility index (Phi) is 4.98. The predicted octanol–water partition coefficient (Wildman–Crippen LogP) is 2.61. The van der Waals surface area contributed by atoms with E-state index in [9.17, 15) is 13.2 Å². The molecule has 1 atom stereocenters. The van der Waals surface area contributed by atoms with Crippen molar-refractivity contribution in [1.29, 1.82) is 0 Å². The van der Waals surface area contributed by atoms with E-state index in [1.807, 2.05) is 0 Å². The van der Waals surface area contributed by atoms with Crippen LogP contribution in [0, 0.1) is 0 Å². The number of rotatable bonds is 5. The van der Waals surface area contributed by atoms with Gasteiger partial charge in [0.05, 0.1) is 18.8 Å². The van der Waals surface area contributed by atoms with Gasteiger partial charge in [-0.1, -0.05) is 6.07 Å². The van der Waals surface area contributed by atoms with Crippen LogP contribution < -0.4 is 4.74 Å². The molecule has 0 fully saturated rings. The number of hydrogen-bond donors (Lipinski definition) is 1. The highest BCUT2D eigenvalue weighted by Crippen LogP contribution is 2.37. The van der Waals surface area contributed by atoms with Gasteiger partial charge in [-0.3, -0.25) is 0 Å². The summed E-state index contributed by atoms with van der Waals surface area (Å²) in [7, 11) is 1.44. The van der Waals surface area contributed by atoms with Gasteiger partial charge in [0.2, 0.25) is 0 Å². The van der Waals surface area contributed by atoms with Gasteiger partial charge in [-0.05, 0) is 24.6 Å². The lowest BCUT2D eigenvalue weighted by Gasteiger charge is -2.18. The second-order valence-corrected chi connectivity index (χ2v) is 3.87. The largest absolute Gasteiger partial charge is 0.488 e. The van der Waals surface area contributed by atoms with E-state index < -0.39 is 24.5 Å². The fraction of sp³-hybridized carbons (Fsp3) is 0.500. The van der Waals surface area contributed by atoms with E-state index in [0.717, 1.165) is 6.07 Å². The summed E-state index contributed by atoms with van der Waals surface area (Å²) in [5.74, 6) is -0.260.